The first-order valence-corrected chi connectivity index (χ1v) is 10.2. The van der Waals surface area contributed by atoms with Crippen molar-refractivity contribution in [2.45, 2.75) is 0 Å². The van der Waals surface area contributed by atoms with Gasteiger partial charge in [0.2, 0.25) is 18.6 Å². The second-order valence-corrected chi connectivity index (χ2v) is 7.48. The Morgan fingerprint density at radius 3 is 2.23 bits per heavy atom. The number of likely N-dealkylation sites (N-methyl/N-ethyl adjacent to an activating group) is 1. The molecule has 31 heavy (non-hydrogen) atoms. The number of amides is 2. The first-order valence-electron chi connectivity index (χ1n) is 10.2. The van der Waals surface area contributed by atoms with E-state index in [1.807, 2.05) is 24.3 Å². The molecule has 1 fully saturated rings. The fraction of sp³-hybridized carbons (Fsp3) is 0.364. The Morgan fingerprint density at radius 2 is 1.52 bits per heavy atom. The van der Waals surface area contributed by atoms with Gasteiger partial charge in [0.25, 0.3) is 0 Å². The zero-order valence-electron chi connectivity index (χ0n) is 17.4. The number of hydrogen-bond donors (Lipinski definition) is 2. The highest BCUT2D eigenvalue weighted by Crippen LogP contribution is 2.34. The van der Waals surface area contributed by atoms with Gasteiger partial charge in [0.05, 0.1) is 26.3 Å². The predicted molar refractivity (Wildman–Crippen MR) is 117 cm³/mol. The number of nitrogens with zero attached hydrogens (tertiary/aromatic N) is 2. The highest BCUT2D eigenvalue weighted by atomic mass is 16.7. The third-order valence-electron chi connectivity index (χ3n) is 5.01. The van der Waals surface area contributed by atoms with Gasteiger partial charge in [0.15, 0.2) is 11.5 Å². The minimum Gasteiger partial charge on any atom is -0.454 e. The molecule has 2 amide bonds. The second-order valence-electron chi connectivity index (χ2n) is 7.48. The first-order chi connectivity index (χ1) is 15.1. The van der Waals surface area contributed by atoms with E-state index in [4.69, 9.17) is 14.2 Å². The lowest BCUT2D eigenvalue weighted by molar-refractivity contribution is -0.119. The van der Waals surface area contributed by atoms with Crippen LogP contribution in [0.4, 0.5) is 17.1 Å². The number of benzene rings is 2. The Morgan fingerprint density at radius 1 is 0.903 bits per heavy atom. The van der Waals surface area contributed by atoms with Gasteiger partial charge < -0.3 is 29.7 Å². The molecule has 2 aromatic rings. The molecule has 0 radical (unpaired) electrons. The molecule has 0 unspecified atom stereocenters. The van der Waals surface area contributed by atoms with Crippen LogP contribution in [0.5, 0.6) is 11.5 Å². The van der Waals surface area contributed by atoms with Gasteiger partial charge in [0.1, 0.15) is 0 Å². The van der Waals surface area contributed by atoms with Crippen LogP contribution in [0.1, 0.15) is 0 Å². The Labute approximate surface area is 180 Å². The summed E-state index contributed by atoms with van der Waals surface area (Å²) in [5.74, 6) is 0.858. The number of hydrogen-bond acceptors (Lipinski definition) is 7. The summed E-state index contributed by atoms with van der Waals surface area (Å²) in [4.78, 5) is 28.5. The van der Waals surface area contributed by atoms with Gasteiger partial charge in [-0.2, -0.15) is 0 Å². The summed E-state index contributed by atoms with van der Waals surface area (Å²) in [7, 11) is 1.72. The lowest BCUT2D eigenvalue weighted by atomic mass is 10.2. The molecule has 2 N–H and O–H groups in total. The van der Waals surface area contributed by atoms with Gasteiger partial charge in [-0.25, -0.2) is 0 Å². The van der Waals surface area contributed by atoms with E-state index in [-0.39, 0.29) is 31.7 Å². The van der Waals surface area contributed by atoms with E-state index in [1.54, 1.807) is 30.1 Å². The SMILES string of the molecule is CN(CC(=O)Nc1ccc(N2CCOCC2)cc1)CC(=O)Nc1ccc2c(c1)OCO2. The summed E-state index contributed by atoms with van der Waals surface area (Å²) in [5.41, 5.74) is 2.45. The molecular weight excluding hydrogens is 400 g/mol. The fourth-order valence-electron chi connectivity index (χ4n) is 3.50. The second kappa shape index (κ2) is 9.67. The van der Waals surface area contributed by atoms with Crippen molar-refractivity contribution in [3.05, 3.63) is 42.5 Å². The Hall–Kier alpha value is -3.30. The van der Waals surface area contributed by atoms with Crippen molar-refractivity contribution in [3.8, 4) is 11.5 Å². The van der Waals surface area contributed by atoms with Crippen LogP contribution in [0.3, 0.4) is 0 Å². The van der Waals surface area contributed by atoms with E-state index in [9.17, 15) is 9.59 Å². The van der Waals surface area contributed by atoms with Gasteiger partial charge in [-0.05, 0) is 43.4 Å². The highest BCUT2D eigenvalue weighted by Gasteiger charge is 2.16. The lowest BCUT2D eigenvalue weighted by Crippen LogP contribution is -2.36. The molecule has 0 spiro atoms. The molecule has 0 aromatic heterocycles. The third-order valence-corrected chi connectivity index (χ3v) is 5.01. The average Bonchev–Trinajstić information content (AvgIpc) is 3.22. The number of anilines is 3. The third kappa shape index (κ3) is 5.65. The van der Waals surface area contributed by atoms with Crippen LogP contribution in [0, 0.1) is 0 Å². The van der Waals surface area contributed by atoms with E-state index in [1.165, 1.54) is 0 Å². The van der Waals surface area contributed by atoms with Crippen LogP contribution in [-0.4, -0.2) is 69.9 Å². The van der Waals surface area contributed by atoms with Crippen molar-refractivity contribution in [1.82, 2.24) is 4.90 Å². The van der Waals surface area contributed by atoms with E-state index < -0.39 is 0 Å². The number of nitrogens with one attached hydrogen (secondary N) is 2. The van der Waals surface area contributed by atoms with Gasteiger partial charge in [-0.1, -0.05) is 0 Å². The van der Waals surface area contributed by atoms with Crippen LogP contribution < -0.4 is 25.0 Å². The molecule has 4 rings (SSSR count). The number of rotatable bonds is 7. The number of carbonyl (C=O) groups excluding carboxylic acids is 2. The summed E-state index contributed by atoms with van der Waals surface area (Å²) in [5, 5.41) is 5.67. The van der Waals surface area contributed by atoms with Crippen LogP contribution in [0.25, 0.3) is 0 Å². The molecule has 1 saturated heterocycles. The summed E-state index contributed by atoms with van der Waals surface area (Å²) in [6.45, 7) is 3.55. The number of morpholine rings is 1. The van der Waals surface area contributed by atoms with Crippen LogP contribution in [-0.2, 0) is 14.3 Å². The zero-order chi connectivity index (χ0) is 21.6. The van der Waals surface area contributed by atoms with Crippen molar-refractivity contribution in [1.29, 1.82) is 0 Å². The molecule has 2 aromatic carbocycles. The van der Waals surface area contributed by atoms with Crippen LogP contribution >= 0.6 is 0 Å². The number of fused-ring (bicyclic) bond motifs is 1. The lowest BCUT2D eigenvalue weighted by Gasteiger charge is -2.28. The molecule has 0 atom stereocenters. The molecule has 9 nitrogen and oxygen atoms in total. The minimum absolute atomic E-state index is 0.0812. The van der Waals surface area contributed by atoms with Gasteiger partial charge in [-0.15, -0.1) is 0 Å². The van der Waals surface area contributed by atoms with E-state index in [2.05, 4.69) is 15.5 Å². The van der Waals surface area contributed by atoms with E-state index in [0.29, 0.717) is 17.2 Å². The maximum atomic E-state index is 12.3. The first kappa shape index (κ1) is 21.0. The Bertz CT molecular complexity index is 928. The molecule has 9 heteroatoms. The van der Waals surface area contributed by atoms with Crippen molar-refractivity contribution < 1.29 is 23.8 Å². The van der Waals surface area contributed by atoms with Gasteiger partial charge in [-0.3, -0.25) is 14.5 Å². The quantitative estimate of drug-likeness (QED) is 0.697. The maximum Gasteiger partial charge on any atom is 0.238 e. The molecule has 0 bridgehead atoms. The monoisotopic (exact) mass is 426 g/mol. The highest BCUT2D eigenvalue weighted by molar-refractivity contribution is 5.95. The smallest absolute Gasteiger partial charge is 0.238 e. The number of ether oxygens (including phenoxy) is 3. The average molecular weight is 426 g/mol. The topological polar surface area (TPSA) is 92.4 Å². The molecular formula is C22H26N4O5. The maximum absolute atomic E-state index is 12.3. The number of carbonyl (C=O) groups is 2. The van der Waals surface area contributed by atoms with Crippen molar-refractivity contribution in [2.75, 3.05) is 68.8 Å². The normalized spacial score (nSPS) is 15.1. The van der Waals surface area contributed by atoms with E-state index in [0.717, 1.165) is 37.7 Å². The molecule has 0 aliphatic carbocycles. The summed E-state index contributed by atoms with van der Waals surface area (Å²) in [6, 6.07) is 13.0. The summed E-state index contributed by atoms with van der Waals surface area (Å²) >= 11 is 0. The zero-order valence-corrected chi connectivity index (χ0v) is 17.4. The molecule has 0 saturated carbocycles. The standard InChI is InChI=1S/C22H26N4O5/c1-25(14-22(28)24-17-4-7-19-20(12-17)31-15-30-19)13-21(27)23-16-2-5-18(6-3-16)26-8-10-29-11-9-26/h2-7,12H,8-11,13-15H2,1H3,(H,23,27)(H,24,28). The van der Waals surface area contributed by atoms with E-state index >= 15 is 0 Å². The molecule has 2 heterocycles. The summed E-state index contributed by atoms with van der Waals surface area (Å²) < 4.78 is 15.9. The van der Waals surface area contributed by atoms with Crippen molar-refractivity contribution >= 4 is 28.9 Å². The molecule has 164 valence electrons. The largest absolute Gasteiger partial charge is 0.454 e. The predicted octanol–water partition coefficient (Wildman–Crippen LogP) is 1.76. The van der Waals surface area contributed by atoms with Crippen LogP contribution in [0.15, 0.2) is 42.5 Å². The molecule has 2 aliphatic rings. The van der Waals surface area contributed by atoms with Crippen molar-refractivity contribution in [2.24, 2.45) is 0 Å². The van der Waals surface area contributed by atoms with Crippen molar-refractivity contribution in [3.63, 3.8) is 0 Å². The van der Waals surface area contributed by atoms with Crippen LogP contribution in [0.2, 0.25) is 0 Å². The Balaban J connectivity index is 1.22. The summed E-state index contributed by atoms with van der Waals surface area (Å²) in [6.07, 6.45) is 0. The van der Waals surface area contributed by atoms with Gasteiger partial charge in [0, 0.05) is 36.2 Å². The molecule has 2 aliphatic heterocycles. The fourth-order valence-corrected chi connectivity index (χ4v) is 3.50. The minimum atomic E-state index is -0.218. The Kier molecular flexibility index (Phi) is 6.54. The van der Waals surface area contributed by atoms with Gasteiger partial charge >= 0.3 is 0 Å².